The molecule has 2 heteroatoms. The van der Waals surface area contributed by atoms with Crippen LogP contribution in [0.15, 0.2) is 0 Å². The number of ether oxygens (including phenoxy) is 1. The van der Waals surface area contributed by atoms with Gasteiger partial charge in [0.25, 0.3) is 0 Å². The third-order valence-corrected chi connectivity index (χ3v) is 2.72. The summed E-state index contributed by atoms with van der Waals surface area (Å²) in [6.45, 7) is 4.27. The van der Waals surface area contributed by atoms with Crippen LogP contribution in [-0.4, -0.2) is 12.1 Å². The monoisotopic (exact) mass is 184 g/mol. The van der Waals surface area contributed by atoms with Crippen LogP contribution >= 0.6 is 0 Å². The molecule has 0 saturated heterocycles. The van der Waals surface area contributed by atoms with E-state index in [1.807, 2.05) is 6.92 Å². The molecule has 0 spiro atoms. The lowest BCUT2D eigenvalue weighted by atomic mass is 9.89. The summed E-state index contributed by atoms with van der Waals surface area (Å²) < 4.78 is 5.34. The maximum Gasteiger partial charge on any atom is 0.306 e. The SMILES string of the molecule is CCCC(=O)OC1CCC(C)CC1. The standard InChI is InChI=1S/C11H20O2/c1-3-4-11(12)13-10-7-5-9(2)6-8-10/h9-10H,3-8H2,1-2H3. The molecule has 0 aromatic heterocycles. The quantitative estimate of drug-likeness (QED) is 0.630. The van der Waals surface area contributed by atoms with Crippen LogP contribution in [0.5, 0.6) is 0 Å². The van der Waals surface area contributed by atoms with Crippen LogP contribution in [0.25, 0.3) is 0 Å². The van der Waals surface area contributed by atoms with Gasteiger partial charge in [-0.2, -0.15) is 0 Å². The van der Waals surface area contributed by atoms with Crippen molar-refractivity contribution in [2.75, 3.05) is 0 Å². The molecule has 1 saturated carbocycles. The van der Waals surface area contributed by atoms with Crippen molar-refractivity contribution in [3.63, 3.8) is 0 Å². The Morgan fingerprint density at radius 3 is 2.46 bits per heavy atom. The van der Waals surface area contributed by atoms with E-state index in [4.69, 9.17) is 4.74 Å². The Morgan fingerprint density at radius 2 is 1.92 bits per heavy atom. The van der Waals surface area contributed by atoms with Crippen molar-refractivity contribution in [1.82, 2.24) is 0 Å². The van der Waals surface area contributed by atoms with Crippen molar-refractivity contribution in [2.45, 2.75) is 58.5 Å². The van der Waals surface area contributed by atoms with Crippen molar-refractivity contribution in [3.8, 4) is 0 Å². The Morgan fingerprint density at radius 1 is 1.31 bits per heavy atom. The zero-order valence-corrected chi connectivity index (χ0v) is 8.71. The Hall–Kier alpha value is -0.530. The molecule has 0 aromatic rings. The number of hydrogen-bond acceptors (Lipinski definition) is 2. The summed E-state index contributed by atoms with van der Waals surface area (Å²) in [6, 6.07) is 0. The minimum atomic E-state index is -0.0120. The first-order chi connectivity index (χ1) is 6.22. The summed E-state index contributed by atoms with van der Waals surface area (Å²) in [5, 5.41) is 0. The van der Waals surface area contributed by atoms with Gasteiger partial charge in [0.2, 0.25) is 0 Å². The molecule has 0 N–H and O–H groups in total. The molecule has 0 amide bonds. The molecule has 2 nitrogen and oxygen atoms in total. The van der Waals surface area contributed by atoms with E-state index >= 15 is 0 Å². The zero-order valence-electron chi connectivity index (χ0n) is 8.71. The number of rotatable bonds is 3. The summed E-state index contributed by atoms with van der Waals surface area (Å²) in [6.07, 6.45) is 6.24. The van der Waals surface area contributed by atoms with Crippen LogP contribution in [0, 0.1) is 5.92 Å². The molecule has 0 unspecified atom stereocenters. The van der Waals surface area contributed by atoms with Gasteiger partial charge in [-0.05, 0) is 38.0 Å². The molecule has 0 atom stereocenters. The minimum Gasteiger partial charge on any atom is -0.462 e. The second kappa shape index (κ2) is 5.25. The van der Waals surface area contributed by atoms with Gasteiger partial charge in [-0.3, -0.25) is 4.79 Å². The van der Waals surface area contributed by atoms with Crippen molar-refractivity contribution >= 4 is 5.97 Å². The highest BCUT2D eigenvalue weighted by Gasteiger charge is 2.20. The molecule has 1 fully saturated rings. The van der Waals surface area contributed by atoms with E-state index in [1.54, 1.807) is 0 Å². The Balaban J connectivity index is 2.18. The van der Waals surface area contributed by atoms with Crippen molar-refractivity contribution in [3.05, 3.63) is 0 Å². The first-order valence-corrected chi connectivity index (χ1v) is 5.41. The summed E-state index contributed by atoms with van der Waals surface area (Å²) >= 11 is 0. The van der Waals surface area contributed by atoms with Crippen LogP contribution in [0.3, 0.4) is 0 Å². The Labute approximate surface area is 80.7 Å². The van der Waals surface area contributed by atoms with Gasteiger partial charge in [0, 0.05) is 6.42 Å². The summed E-state index contributed by atoms with van der Waals surface area (Å²) in [5.41, 5.74) is 0. The molecule has 0 radical (unpaired) electrons. The number of carbonyl (C=O) groups excluding carboxylic acids is 1. The second-order valence-corrected chi connectivity index (χ2v) is 4.12. The fourth-order valence-corrected chi connectivity index (χ4v) is 1.80. The van der Waals surface area contributed by atoms with Gasteiger partial charge in [-0.1, -0.05) is 13.8 Å². The maximum atomic E-state index is 11.2. The van der Waals surface area contributed by atoms with E-state index in [-0.39, 0.29) is 12.1 Å². The van der Waals surface area contributed by atoms with E-state index in [9.17, 15) is 4.79 Å². The molecule has 13 heavy (non-hydrogen) atoms. The topological polar surface area (TPSA) is 26.3 Å². The highest BCUT2D eigenvalue weighted by molar-refractivity contribution is 5.69. The summed E-state index contributed by atoms with van der Waals surface area (Å²) in [5.74, 6) is 0.809. The van der Waals surface area contributed by atoms with Crippen LogP contribution in [-0.2, 0) is 9.53 Å². The predicted molar refractivity (Wildman–Crippen MR) is 52.4 cm³/mol. The van der Waals surface area contributed by atoms with E-state index < -0.39 is 0 Å². The summed E-state index contributed by atoms with van der Waals surface area (Å²) in [4.78, 5) is 11.2. The molecule has 0 aromatic carbocycles. The van der Waals surface area contributed by atoms with Gasteiger partial charge in [-0.25, -0.2) is 0 Å². The van der Waals surface area contributed by atoms with Crippen molar-refractivity contribution < 1.29 is 9.53 Å². The average molecular weight is 184 g/mol. The molecular weight excluding hydrogens is 164 g/mol. The molecule has 76 valence electrons. The van der Waals surface area contributed by atoms with Gasteiger partial charge >= 0.3 is 5.97 Å². The molecular formula is C11H20O2. The highest BCUT2D eigenvalue weighted by atomic mass is 16.5. The number of esters is 1. The lowest BCUT2D eigenvalue weighted by Gasteiger charge is -2.25. The lowest BCUT2D eigenvalue weighted by Crippen LogP contribution is -2.23. The second-order valence-electron chi connectivity index (χ2n) is 4.12. The molecule has 0 bridgehead atoms. The third kappa shape index (κ3) is 3.79. The van der Waals surface area contributed by atoms with Crippen LogP contribution in [0.1, 0.15) is 52.4 Å². The summed E-state index contributed by atoms with van der Waals surface area (Å²) in [7, 11) is 0. The van der Waals surface area contributed by atoms with Crippen LogP contribution < -0.4 is 0 Å². The fourth-order valence-electron chi connectivity index (χ4n) is 1.80. The smallest absolute Gasteiger partial charge is 0.306 e. The Kier molecular flexibility index (Phi) is 4.26. The van der Waals surface area contributed by atoms with E-state index in [2.05, 4.69) is 6.92 Å². The average Bonchev–Trinajstić information content (AvgIpc) is 2.09. The molecule has 1 aliphatic carbocycles. The van der Waals surface area contributed by atoms with Gasteiger partial charge in [0.1, 0.15) is 6.10 Å². The van der Waals surface area contributed by atoms with Crippen LogP contribution in [0.4, 0.5) is 0 Å². The van der Waals surface area contributed by atoms with Gasteiger partial charge in [-0.15, -0.1) is 0 Å². The maximum absolute atomic E-state index is 11.2. The first-order valence-electron chi connectivity index (χ1n) is 5.41. The van der Waals surface area contributed by atoms with Gasteiger partial charge in [0.05, 0.1) is 0 Å². The molecule has 0 aliphatic heterocycles. The number of carbonyl (C=O) groups is 1. The lowest BCUT2D eigenvalue weighted by molar-refractivity contribution is -0.150. The first kappa shape index (κ1) is 10.6. The van der Waals surface area contributed by atoms with E-state index in [1.165, 1.54) is 12.8 Å². The third-order valence-electron chi connectivity index (χ3n) is 2.72. The van der Waals surface area contributed by atoms with Gasteiger partial charge < -0.3 is 4.74 Å². The van der Waals surface area contributed by atoms with Crippen molar-refractivity contribution in [1.29, 1.82) is 0 Å². The Bertz CT molecular complexity index is 157. The fraction of sp³-hybridized carbons (Fsp3) is 0.909. The number of hydrogen-bond donors (Lipinski definition) is 0. The van der Waals surface area contributed by atoms with Gasteiger partial charge in [0.15, 0.2) is 0 Å². The highest BCUT2D eigenvalue weighted by Crippen LogP contribution is 2.25. The van der Waals surface area contributed by atoms with E-state index in [0.717, 1.165) is 25.2 Å². The van der Waals surface area contributed by atoms with Crippen molar-refractivity contribution in [2.24, 2.45) is 5.92 Å². The minimum absolute atomic E-state index is 0.0120. The molecule has 1 rings (SSSR count). The molecule has 1 aliphatic rings. The zero-order chi connectivity index (χ0) is 9.68. The largest absolute Gasteiger partial charge is 0.462 e. The normalized spacial score (nSPS) is 28.5. The predicted octanol–water partition coefficient (Wildman–Crippen LogP) is 2.91. The van der Waals surface area contributed by atoms with Crippen LogP contribution in [0.2, 0.25) is 0 Å². The molecule has 0 heterocycles. The van der Waals surface area contributed by atoms with E-state index in [0.29, 0.717) is 6.42 Å².